The molecule has 4 nitrogen and oxygen atoms in total. The summed E-state index contributed by atoms with van der Waals surface area (Å²) in [6.07, 6.45) is 4.59. The highest BCUT2D eigenvalue weighted by atomic mass is 35.5. The van der Waals surface area contributed by atoms with Crippen molar-refractivity contribution in [2.45, 2.75) is 57.2 Å². The summed E-state index contributed by atoms with van der Waals surface area (Å²) in [6, 6.07) is 21.6. The maximum Gasteiger partial charge on any atom is 0.243 e. The van der Waals surface area contributed by atoms with E-state index in [2.05, 4.69) is 5.32 Å². The second-order valence-electron chi connectivity index (χ2n) is 9.22. The fraction of sp³-hybridized carbons (Fsp3) is 0.310. The molecule has 1 fully saturated rings. The van der Waals surface area contributed by atoms with Crippen molar-refractivity contribution in [3.8, 4) is 0 Å². The van der Waals surface area contributed by atoms with Crippen LogP contribution in [0.5, 0.6) is 0 Å². The summed E-state index contributed by atoms with van der Waals surface area (Å²) in [5.41, 5.74) is 2.36. The van der Waals surface area contributed by atoms with Crippen molar-refractivity contribution >= 4 is 46.6 Å². The first kappa shape index (κ1) is 26.5. The highest BCUT2D eigenvalue weighted by Gasteiger charge is 2.33. The van der Waals surface area contributed by atoms with Gasteiger partial charge in [0.15, 0.2) is 0 Å². The van der Waals surface area contributed by atoms with Gasteiger partial charge in [0.05, 0.1) is 6.42 Å². The van der Waals surface area contributed by atoms with E-state index in [9.17, 15) is 9.59 Å². The Morgan fingerprint density at radius 3 is 2.17 bits per heavy atom. The van der Waals surface area contributed by atoms with Crippen LogP contribution in [0.25, 0.3) is 0 Å². The molecule has 0 spiro atoms. The third-order valence-corrected chi connectivity index (χ3v) is 7.55. The Morgan fingerprint density at radius 1 is 0.861 bits per heavy atom. The van der Waals surface area contributed by atoms with Crippen LogP contribution in [0.1, 0.15) is 42.4 Å². The molecule has 1 aliphatic carbocycles. The monoisotopic (exact) mass is 542 g/mol. The second-order valence-corrected chi connectivity index (χ2v) is 10.5. The van der Waals surface area contributed by atoms with Crippen molar-refractivity contribution in [1.82, 2.24) is 10.2 Å². The number of nitrogens with one attached hydrogen (secondary N) is 1. The minimum absolute atomic E-state index is 0.102. The van der Waals surface area contributed by atoms with Gasteiger partial charge in [-0.25, -0.2) is 0 Å². The third-order valence-electron chi connectivity index (χ3n) is 6.61. The number of halogens is 3. The average Bonchev–Trinajstić information content (AvgIpc) is 3.36. The molecule has 0 aliphatic heterocycles. The Kier molecular flexibility index (Phi) is 9.30. The number of hydrogen-bond acceptors (Lipinski definition) is 2. The molecule has 1 saturated carbocycles. The molecule has 188 valence electrons. The summed E-state index contributed by atoms with van der Waals surface area (Å²) in [5, 5.41) is 4.67. The van der Waals surface area contributed by atoms with Crippen LogP contribution in [-0.4, -0.2) is 28.8 Å². The fourth-order valence-electron chi connectivity index (χ4n) is 4.70. The van der Waals surface area contributed by atoms with Gasteiger partial charge in [0.1, 0.15) is 6.04 Å². The normalized spacial score (nSPS) is 14.4. The Balaban J connectivity index is 1.70. The smallest absolute Gasteiger partial charge is 0.243 e. The van der Waals surface area contributed by atoms with Crippen LogP contribution >= 0.6 is 34.8 Å². The van der Waals surface area contributed by atoms with Gasteiger partial charge in [0.25, 0.3) is 0 Å². The van der Waals surface area contributed by atoms with Gasteiger partial charge in [-0.1, -0.05) is 96.2 Å². The van der Waals surface area contributed by atoms with Crippen molar-refractivity contribution < 1.29 is 9.59 Å². The molecule has 1 N–H and O–H groups in total. The first-order chi connectivity index (χ1) is 17.4. The van der Waals surface area contributed by atoms with Crippen LogP contribution in [0.15, 0.2) is 72.8 Å². The average molecular weight is 544 g/mol. The van der Waals surface area contributed by atoms with Gasteiger partial charge in [0, 0.05) is 39.6 Å². The lowest BCUT2D eigenvalue weighted by Gasteiger charge is -2.33. The lowest BCUT2D eigenvalue weighted by atomic mass is 10.0. The van der Waals surface area contributed by atoms with Gasteiger partial charge in [-0.2, -0.15) is 0 Å². The Morgan fingerprint density at radius 2 is 1.50 bits per heavy atom. The van der Waals surface area contributed by atoms with E-state index >= 15 is 0 Å². The predicted molar refractivity (Wildman–Crippen MR) is 147 cm³/mol. The number of nitrogens with zero attached hydrogens (tertiary/aromatic N) is 1. The SMILES string of the molecule is O=C(NC1CCCC1)C(Cc1ccccc1)N(Cc1c(Cl)cccc1Cl)C(=O)Cc1cccc(Cl)c1. The van der Waals surface area contributed by atoms with Gasteiger partial charge < -0.3 is 10.2 Å². The molecule has 7 heteroatoms. The van der Waals surface area contributed by atoms with Crippen LogP contribution in [0.3, 0.4) is 0 Å². The van der Waals surface area contributed by atoms with E-state index in [1.54, 1.807) is 35.2 Å². The quantitative estimate of drug-likeness (QED) is 0.319. The van der Waals surface area contributed by atoms with Crippen molar-refractivity contribution in [3.63, 3.8) is 0 Å². The summed E-state index contributed by atoms with van der Waals surface area (Å²) in [4.78, 5) is 29.2. The predicted octanol–water partition coefficient (Wildman–Crippen LogP) is 6.89. The van der Waals surface area contributed by atoms with Crippen molar-refractivity contribution in [2.75, 3.05) is 0 Å². The summed E-state index contributed by atoms with van der Waals surface area (Å²) in [5.74, 6) is -0.357. The van der Waals surface area contributed by atoms with Gasteiger partial charge in [0.2, 0.25) is 11.8 Å². The number of benzene rings is 3. The van der Waals surface area contributed by atoms with E-state index in [0.717, 1.165) is 36.8 Å². The zero-order chi connectivity index (χ0) is 25.5. The van der Waals surface area contributed by atoms with Crippen molar-refractivity contribution in [3.05, 3.63) is 105 Å². The molecule has 3 aromatic carbocycles. The molecule has 0 saturated heterocycles. The van der Waals surface area contributed by atoms with E-state index in [1.807, 2.05) is 42.5 Å². The summed E-state index contributed by atoms with van der Waals surface area (Å²) >= 11 is 19.2. The van der Waals surface area contributed by atoms with Crippen molar-refractivity contribution in [1.29, 1.82) is 0 Å². The highest BCUT2D eigenvalue weighted by molar-refractivity contribution is 6.36. The zero-order valence-corrected chi connectivity index (χ0v) is 22.2. The topological polar surface area (TPSA) is 49.4 Å². The van der Waals surface area contributed by atoms with Gasteiger partial charge in [-0.3, -0.25) is 9.59 Å². The zero-order valence-electron chi connectivity index (χ0n) is 19.9. The number of hydrogen-bond donors (Lipinski definition) is 1. The van der Waals surface area contributed by atoms with E-state index in [1.165, 1.54) is 0 Å². The number of carbonyl (C=O) groups is 2. The molecule has 1 atom stereocenters. The molecule has 0 bridgehead atoms. The lowest BCUT2D eigenvalue weighted by molar-refractivity contribution is -0.141. The Bertz CT molecular complexity index is 1180. The van der Waals surface area contributed by atoms with E-state index in [4.69, 9.17) is 34.8 Å². The first-order valence-corrected chi connectivity index (χ1v) is 13.3. The van der Waals surface area contributed by atoms with Crippen LogP contribution in [0.4, 0.5) is 0 Å². The molecule has 4 rings (SSSR count). The van der Waals surface area contributed by atoms with Crippen LogP contribution in [0.2, 0.25) is 15.1 Å². The first-order valence-electron chi connectivity index (χ1n) is 12.2. The molecule has 3 aromatic rings. The van der Waals surface area contributed by atoms with Crippen LogP contribution in [-0.2, 0) is 29.0 Å². The van der Waals surface area contributed by atoms with Gasteiger partial charge >= 0.3 is 0 Å². The molecule has 0 radical (unpaired) electrons. The third kappa shape index (κ3) is 7.03. The summed E-state index contributed by atoms with van der Waals surface area (Å²) in [7, 11) is 0. The molecule has 1 unspecified atom stereocenters. The number of rotatable bonds is 9. The van der Waals surface area contributed by atoms with Gasteiger partial charge in [-0.15, -0.1) is 0 Å². The molecule has 0 heterocycles. The largest absolute Gasteiger partial charge is 0.352 e. The minimum atomic E-state index is -0.730. The van der Waals surface area contributed by atoms with Crippen LogP contribution < -0.4 is 5.32 Å². The Labute approximate surface area is 227 Å². The summed E-state index contributed by atoms with van der Waals surface area (Å²) < 4.78 is 0. The van der Waals surface area contributed by atoms with E-state index in [-0.39, 0.29) is 30.8 Å². The van der Waals surface area contributed by atoms with E-state index in [0.29, 0.717) is 27.1 Å². The standard InChI is InChI=1S/C29H29Cl3N2O2/c30-22-11-6-10-21(16-22)18-28(35)34(19-24-25(31)14-7-15-26(24)32)27(17-20-8-2-1-3-9-20)29(36)33-23-12-4-5-13-23/h1-3,6-11,14-16,23,27H,4-5,12-13,17-19H2,(H,33,36). The lowest BCUT2D eigenvalue weighted by Crippen LogP contribution is -2.52. The second kappa shape index (κ2) is 12.6. The highest BCUT2D eigenvalue weighted by Crippen LogP contribution is 2.28. The Hall–Kier alpha value is -2.53. The maximum atomic E-state index is 13.8. The molecule has 0 aromatic heterocycles. The van der Waals surface area contributed by atoms with Gasteiger partial charge in [-0.05, 0) is 48.2 Å². The van der Waals surface area contributed by atoms with E-state index < -0.39 is 6.04 Å². The van der Waals surface area contributed by atoms with Crippen LogP contribution in [0, 0.1) is 0 Å². The minimum Gasteiger partial charge on any atom is -0.352 e. The summed E-state index contributed by atoms with van der Waals surface area (Å²) in [6.45, 7) is 0.119. The molecule has 2 amide bonds. The fourth-order valence-corrected chi connectivity index (χ4v) is 5.43. The molecule has 36 heavy (non-hydrogen) atoms. The molecular formula is C29H29Cl3N2O2. The molecular weight excluding hydrogens is 515 g/mol. The maximum absolute atomic E-state index is 13.8. The van der Waals surface area contributed by atoms with Crippen molar-refractivity contribution in [2.24, 2.45) is 0 Å². The number of amides is 2. The molecule has 1 aliphatic rings. The number of carbonyl (C=O) groups excluding carboxylic acids is 2.